The molecule has 2 aliphatic rings. The van der Waals surface area contributed by atoms with Gasteiger partial charge in [-0.15, -0.1) is 0 Å². The Morgan fingerprint density at radius 2 is 1.68 bits per heavy atom. The molecule has 0 bridgehead atoms. The molecule has 1 atom stereocenters. The molecule has 0 spiro atoms. The standard InChI is InChI=1S/C24H31BrN5P/c1-7-30(8-2)31(27-20-15-11-10-14-19(20)25)22(17-26-29(31)6)23-24(3,4)18-13-9-12-16-21(18)28(23)5/h9-17H,7-8H2,1-6H3/b23-22+/t31-/m0/s1. The first-order chi connectivity index (χ1) is 14.8. The lowest BCUT2D eigenvalue weighted by atomic mass is 9.84. The second kappa shape index (κ2) is 8.23. The zero-order chi connectivity index (χ0) is 22.4. The normalized spacial score (nSPS) is 24.3. The van der Waals surface area contributed by atoms with Gasteiger partial charge in [-0.05, 0) is 39.7 Å². The highest BCUT2D eigenvalue weighted by molar-refractivity contribution is 9.10. The average molecular weight is 500 g/mol. The molecular weight excluding hydrogens is 469 g/mol. The molecule has 31 heavy (non-hydrogen) atoms. The second-order valence-electron chi connectivity index (χ2n) is 8.43. The van der Waals surface area contributed by atoms with Crippen LogP contribution < -0.4 is 4.90 Å². The van der Waals surface area contributed by atoms with E-state index < -0.39 is 7.36 Å². The Morgan fingerprint density at radius 3 is 2.32 bits per heavy atom. The van der Waals surface area contributed by atoms with E-state index in [2.05, 4.69) is 115 Å². The van der Waals surface area contributed by atoms with Gasteiger partial charge in [0, 0.05) is 48.5 Å². The van der Waals surface area contributed by atoms with Gasteiger partial charge >= 0.3 is 0 Å². The van der Waals surface area contributed by atoms with E-state index in [0.29, 0.717) is 0 Å². The first-order valence-electron chi connectivity index (χ1n) is 10.8. The molecule has 0 unspecified atom stereocenters. The van der Waals surface area contributed by atoms with Crippen LogP contribution in [-0.4, -0.2) is 42.8 Å². The van der Waals surface area contributed by atoms with Crippen LogP contribution in [-0.2, 0) is 5.41 Å². The fourth-order valence-corrected chi connectivity index (χ4v) is 9.16. The Hall–Kier alpha value is -1.88. The van der Waals surface area contributed by atoms with Crippen LogP contribution in [0.3, 0.4) is 0 Å². The quantitative estimate of drug-likeness (QED) is 0.423. The van der Waals surface area contributed by atoms with Crippen molar-refractivity contribution in [3.05, 3.63) is 69.6 Å². The predicted molar refractivity (Wildman–Crippen MR) is 137 cm³/mol. The van der Waals surface area contributed by atoms with Crippen LogP contribution in [0.1, 0.15) is 33.3 Å². The van der Waals surface area contributed by atoms with Crippen molar-refractivity contribution < 1.29 is 0 Å². The number of hydrogen-bond donors (Lipinski definition) is 0. The number of rotatable bonds is 4. The van der Waals surface area contributed by atoms with E-state index in [9.17, 15) is 0 Å². The van der Waals surface area contributed by atoms with Gasteiger partial charge in [0.25, 0.3) is 0 Å². The summed E-state index contributed by atoms with van der Waals surface area (Å²) in [6.45, 7) is 10.9. The Kier molecular flexibility index (Phi) is 5.93. The smallest absolute Gasteiger partial charge is 0.174 e. The number of hydrazone groups is 1. The van der Waals surface area contributed by atoms with E-state index >= 15 is 0 Å². The van der Waals surface area contributed by atoms with Crippen LogP contribution in [0.5, 0.6) is 0 Å². The van der Waals surface area contributed by atoms with E-state index in [1.54, 1.807) is 0 Å². The summed E-state index contributed by atoms with van der Waals surface area (Å²) in [6, 6.07) is 16.9. The number of allylic oxidation sites excluding steroid dienone is 2. The van der Waals surface area contributed by atoms with Crippen LogP contribution in [0.15, 0.2) is 73.9 Å². The highest BCUT2D eigenvalue weighted by Gasteiger charge is 2.47. The lowest BCUT2D eigenvalue weighted by Crippen LogP contribution is -2.30. The van der Waals surface area contributed by atoms with Crippen molar-refractivity contribution in [2.24, 2.45) is 9.85 Å². The molecule has 0 saturated heterocycles. The summed E-state index contributed by atoms with van der Waals surface area (Å²) in [6.07, 6.45) is 2.06. The lowest BCUT2D eigenvalue weighted by Gasteiger charge is -2.39. The summed E-state index contributed by atoms with van der Waals surface area (Å²) in [5.74, 6) is 0. The van der Waals surface area contributed by atoms with Crippen molar-refractivity contribution in [1.82, 2.24) is 9.45 Å². The molecule has 2 aliphatic heterocycles. The minimum Gasteiger partial charge on any atom is -0.346 e. The lowest BCUT2D eigenvalue weighted by molar-refractivity contribution is 0.452. The second-order valence-corrected chi connectivity index (χ2v) is 12.2. The highest BCUT2D eigenvalue weighted by atomic mass is 79.9. The third-order valence-electron chi connectivity index (χ3n) is 6.41. The number of para-hydroxylation sites is 1. The van der Waals surface area contributed by atoms with Gasteiger partial charge in [-0.25, -0.2) is 14.2 Å². The maximum Gasteiger partial charge on any atom is 0.174 e. The first kappa shape index (κ1) is 22.3. The molecule has 0 aromatic heterocycles. The summed E-state index contributed by atoms with van der Waals surface area (Å²) in [5, 5.41) is 6.08. The Bertz CT molecular complexity index is 1120. The molecule has 2 heterocycles. The fraction of sp³-hybridized carbons (Fsp3) is 0.375. The maximum atomic E-state index is 5.51. The largest absolute Gasteiger partial charge is 0.346 e. The molecule has 2 aromatic rings. The number of benzene rings is 2. The molecule has 2 aromatic carbocycles. The number of nitrogens with zero attached hydrogens (tertiary/aromatic N) is 5. The number of likely N-dealkylation sites (N-methyl/N-ethyl adjacent to an activating group) is 1. The maximum absolute atomic E-state index is 5.51. The zero-order valence-electron chi connectivity index (χ0n) is 19.2. The number of hydrogen-bond acceptors (Lipinski definition) is 3. The minimum absolute atomic E-state index is 0.139. The third-order valence-corrected chi connectivity index (χ3v) is 10.8. The summed E-state index contributed by atoms with van der Waals surface area (Å²) in [5.41, 5.74) is 4.73. The molecule has 0 amide bonds. The van der Waals surface area contributed by atoms with Gasteiger partial charge in [-0.3, -0.25) is 0 Å². The molecule has 164 valence electrons. The van der Waals surface area contributed by atoms with Gasteiger partial charge in [0.2, 0.25) is 0 Å². The van der Waals surface area contributed by atoms with Crippen molar-refractivity contribution in [1.29, 1.82) is 0 Å². The summed E-state index contributed by atoms with van der Waals surface area (Å²) in [7, 11) is 1.93. The van der Waals surface area contributed by atoms with Crippen LogP contribution >= 0.6 is 23.3 Å². The fourth-order valence-electron chi connectivity index (χ4n) is 4.92. The predicted octanol–water partition coefficient (Wildman–Crippen LogP) is 7.02. The van der Waals surface area contributed by atoms with Gasteiger partial charge in [0.05, 0.1) is 17.2 Å². The molecule has 0 N–H and O–H groups in total. The Labute approximate surface area is 194 Å². The van der Waals surface area contributed by atoms with Crippen molar-refractivity contribution >= 4 is 40.9 Å². The molecule has 5 nitrogen and oxygen atoms in total. The first-order valence-corrected chi connectivity index (χ1v) is 13.2. The van der Waals surface area contributed by atoms with Crippen LogP contribution in [0, 0.1) is 0 Å². The van der Waals surface area contributed by atoms with Gasteiger partial charge in [0.15, 0.2) is 7.36 Å². The average Bonchev–Trinajstić information content (AvgIpc) is 3.16. The monoisotopic (exact) mass is 499 g/mol. The van der Waals surface area contributed by atoms with Gasteiger partial charge < -0.3 is 4.90 Å². The highest BCUT2D eigenvalue weighted by Crippen LogP contribution is 2.69. The molecule has 0 aliphatic carbocycles. The Balaban J connectivity index is 2.08. The topological polar surface area (TPSA) is 34.4 Å². The van der Waals surface area contributed by atoms with E-state index in [-0.39, 0.29) is 5.41 Å². The van der Waals surface area contributed by atoms with Gasteiger partial charge in [0.1, 0.15) is 0 Å². The molecule has 4 rings (SSSR count). The van der Waals surface area contributed by atoms with Gasteiger partial charge in [-0.1, -0.05) is 58.0 Å². The Morgan fingerprint density at radius 1 is 1.03 bits per heavy atom. The van der Waals surface area contributed by atoms with E-state index in [0.717, 1.165) is 23.2 Å². The van der Waals surface area contributed by atoms with Gasteiger partial charge in [-0.2, -0.15) is 5.10 Å². The number of fused-ring (bicyclic) bond motifs is 1. The molecular formula is C24H31BrN5P. The zero-order valence-corrected chi connectivity index (χ0v) is 21.7. The summed E-state index contributed by atoms with van der Waals surface area (Å²) >= 11 is 3.72. The molecule has 0 radical (unpaired) electrons. The van der Waals surface area contributed by atoms with Crippen molar-refractivity contribution in [2.75, 3.05) is 32.1 Å². The van der Waals surface area contributed by atoms with Crippen LogP contribution in [0.4, 0.5) is 11.4 Å². The summed E-state index contributed by atoms with van der Waals surface area (Å²) in [4.78, 5) is 2.35. The van der Waals surface area contributed by atoms with E-state index in [1.807, 2.05) is 12.1 Å². The van der Waals surface area contributed by atoms with Crippen molar-refractivity contribution in [3.63, 3.8) is 0 Å². The van der Waals surface area contributed by atoms with Crippen LogP contribution in [0.2, 0.25) is 0 Å². The van der Waals surface area contributed by atoms with Crippen molar-refractivity contribution in [2.45, 2.75) is 33.1 Å². The molecule has 0 saturated carbocycles. The number of anilines is 1. The van der Waals surface area contributed by atoms with Crippen molar-refractivity contribution in [3.8, 4) is 0 Å². The third kappa shape index (κ3) is 3.31. The molecule has 7 heteroatoms. The summed E-state index contributed by atoms with van der Waals surface area (Å²) < 4.78 is 11.1. The van der Waals surface area contributed by atoms with Crippen LogP contribution in [0.25, 0.3) is 0 Å². The van der Waals surface area contributed by atoms with E-state index in [4.69, 9.17) is 9.85 Å². The molecule has 0 fully saturated rings. The minimum atomic E-state index is -2.32. The number of halogens is 1. The SMILES string of the molecule is CCN(CC)[P@]1(=Nc2ccccc2Br)/C(=C2/N(C)c3ccccc3C2(C)C)C=NN1C. The van der Waals surface area contributed by atoms with E-state index in [1.165, 1.54) is 22.3 Å².